The number of rotatable bonds is 3. The van der Waals surface area contributed by atoms with E-state index in [4.69, 9.17) is 0 Å². The molecule has 1 aromatic rings. The Kier molecular flexibility index (Phi) is 4.52. The second kappa shape index (κ2) is 6.43. The number of likely N-dealkylation sites (tertiary alicyclic amines) is 1. The van der Waals surface area contributed by atoms with Crippen molar-refractivity contribution in [2.24, 2.45) is 5.92 Å². The largest absolute Gasteiger partial charge is 0.365 e. The van der Waals surface area contributed by atoms with E-state index in [0.29, 0.717) is 23.9 Å². The van der Waals surface area contributed by atoms with Crippen molar-refractivity contribution in [3.63, 3.8) is 0 Å². The van der Waals surface area contributed by atoms with Crippen molar-refractivity contribution < 1.29 is 13.2 Å². The van der Waals surface area contributed by atoms with Crippen LogP contribution in [0.25, 0.3) is 0 Å². The van der Waals surface area contributed by atoms with Crippen molar-refractivity contribution in [3.8, 4) is 0 Å². The van der Waals surface area contributed by atoms with Crippen LogP contribution in [0.2, 0.25) is 0 Å². The quantitative estimate of drug-likeness (QED) is 0.882. The van der Waals surface area contributed by atoms with Gasteiger partial charge in [-0.3, -0.25) is 4.79 Å². The van der Waals surface area contributed by atoms with Gasteiger partial charge in [0.2, 0.25) is 0 Å². The Labute approximate surface area is 136 Å². The van der Waals surface area contributed by atoms with Crippen LogP contribution in [0.5, 0.6) is 0 Å². The molecule has 1 N–H and O–H groups in total. The lowest BCUT2D eigenvalue weighted by atomic mass is 9.99. The van der Waals surface area contributed by atoms with Gasteiger partial charge in [-0.1, -0.05) is 6.92 Å². The first-order valence-electron chi connectivity index (χ1n) is 8.03. The number of hydrogen-bond acceptors (Lipinski definition) is 6. The highest BCUT2D eigenvalue weighted by atomic mass is 32.2. The molecule has 3 heterocycles. The third-order valence-corrected chi connectivity index (χ3v) is 6.31. The Morgan fingerprint density at radius 2 is 1.96 bits per heavy atom. The van der Waals surface area contributed by atoms with E-state index in [1.807, 2.05) is 4.90 Å². The maximum Gasteiger partial charge on any atom is 0.274 e. The van der Waals surface area contributed by atoms with Gasteiger partial charge in [-0.25, -0.2) is 8.42 Å². The Morgan fingerprint density at radius 3 is 2.52 bits per heavy atom. The molecule has 1 amide bonds. The minimum atomic E-state index is -2.93. The average Bonchev–Trinajstić information content (AvgIpc) is 2.87. The van der Waals surface area contributed by atoms with Crippen molar-refractivity contribution >= 4 is 21.6 Å². The van der Waals surface area contributed by atoms with Crippen molar-refractivity contribution in [1.29, 1.82) is 0 Å². The van der Waals surface area contributed by atoms with E-state index in [-0.39, 0.29) is 23.5 Å². The number of amides is 1. The van der Waals surface area contributed by atoms with Gasteiger partial charge in [0.1, 0.15) is 5.82 Å². The summed E-state index contributed by atoms with van der Waals surface area (Å²) in [5.41, 5.74) is 0.337. The van der Waals surface area contributed by atoms with Crippen LogP contribution >= 0.6 is 0 Å². The van der Waals surface area contributed by atoms with Gasteiger partial charge in [-0.15, -0.1) is 10.2 Å². The summed E-state index contributed by atoms with van der Waals surface area (Å²) < 4.78 is 22.9. The van der Waals surface area contributed by atoms with Crippen molar-refractivity contribution in [2.75, 3.05) is 29.9 Å². The maximum absolute atomic E-state index is 12.4. The predicted octanol–water partition coefficient (Wildman–Crippen LogP) is 0.948. The zero-order valence-corrected chi connectivity index (χ0v) is 14.1. The normalized spacial score (nSPS) is 24.6. The molecule has 1 unspecified atom stereocenters. The van der Waals surface area contributed by atoms with Crippen LogP contribution in [0.1, 0.15) is 36.7 Å². The molecule has 2 saturated heterocycles. The number of carbonyl (C=O) groups is 1. The predicted molar refractivity (Wildman–Crippen MR) is 87.0 cm³/mol. The van der Waals surface area contributed by atoms with Crippen LogP contribution in [0, 0.1) is 5.92 Å². The average molecular weight is 338 g/mol. The van der Waals surface area contributed by atoms with E-state index in [0.717, 1.165) is 25.9 Å². The van der Waals surface area contributed by atoms with E-state index >= 15 is 0 Å². The molecule has 0 bridgehead atoms. The number of nitrogens with one attached hydrogen (secondary N) is 1. The minimum Gasteiger partial charge on any atom is -0.365 e. The van der Waals surface area contributed by atoms with Gasteiger partial charge in [0, 0.05) is 19.1 Å². The molecule has 23 heavy (non-hydrogen) atoms. The summed E-state index contributed by atoms with van der Waals surface area (Å²) in [7, 11) is -2.93. The van der Waals surface area contributed by atoms with Crippen LogP contribution in [-0.2, 0) is 9.84 Å². The molecular formula is C15H22N4O3S. The Balaban J connectivity index is 1.60. The SMILES string of the molecule is CC1CCN(C(=O)c2ccc(NC3CCS(=O)(=O)C3)nn2)CC1. The summed E-state index contributed by atoms with van der Waals surface area (Å²) in [6, 6.07) is 3.22. The molecular weight excluding hydrogens is 316 g/mol. The number of aromatic nitrogens is 2. The monoisotopic (exact) mass is 338 g/mol. The topological polar surface area (TPSA) is 92.3 Å². The molecule has 2 aliphatic heterocycles. The number of carbonyl (C=O) groups excluding carboxylic acids is 1. The summed E-state index contributed by atoms with van der Waals surface area (Å²) in [6.07, 6.45) is 2.63. The molecule has 7 nitrogen and oxygen atoms in total. The number of hydrogen-bond donors (Lipinski definition) is 1. The molecule has 0 saturated carbocycles. The fourth-order valence-corrected chi connectivity index (χ4v) is 4.69. The van der Waals surface area contributed by atoms with E-state index in [1.54, 1.807) is 12.1 Å². The Hall–Kier alpha value is -1.70. The van der Waals surface area contributed by atoms with Crippen molar-refractivity contribution in [2.45, 2.75) is 32.2 Å². The van der Waals surface area contributed by atoms with Gasteiger partial charge in [0.05, 0.1) is 11.5 Å². The molecule has 1 aromatic heterocycles. The standard InChI is InChI=1S/C15H22N4O3S/c1-11-4-7-19(8-5-11)15(20)13-2-3-14(18-17-13)16-12-6-9-23(21,22)10-12/h2-3,11-12H,4-10H2,1H3,(H,16,18). The molecule has 0 radical (unpaired) electrons. The van der Waals surface area contributed by atoms with E-state index in [9.17, 15) is 13.2 Å². The van der Waals surface area contributed by atoms with Gasteiger partial charge in [0.25, 0.3) is 5.91 Å². The van der Waals surface area contributed by atoms with Gasteiger partial charge in [-0.2, -0.15) is 0 Å². The number of piperidine rings is 1. The van der Waals surface area contributed by atoms with Crippen molar-refractivity contribution in [1.82, 2.24) is 15.1 Å². The molecule has 1 atom stereocenters. The lowest BCUT2D eigenvalue weighted by molar-refractivity contribution is 0.0690. The van der Waals surface area contributed by atoms with Gasteiger partial charge in [0.15, 0.2) is 15.5 Å². The second-order valence-corrected chi connectivity index (χ2v) is 8.75. The zero-order valence-electron chi connectivity index (χ0n) is 13.2. The summed E-state index contributed by atoms with van der Waals surface area (Å²) in [6.45, 7) is 3.73. The van der Waals surface area contributed by atoms with Crippen LogP contribution in [0.4, 0.5) is 5.82 Å². The molecule has 2 fully saturated rings. The third kappa shape index (κ3) is 3.99. The third-order valence-electron chi connectivity index (χ3n) is 4.54. The molecule has 3 rings (SSSR count). The molecule has 8 heteroatoms. The summed E-state index contributed by atoms with van der Waals surface area (Å²) in [4.78, 5) is 14.2. The summed E-state index contributed by atoms with van der Waals surface area (Å²) in [5.74, 6) is 1.43. The number of nitrogens with zero attached hydrogens (tertiary/aromatic N) is 3. The molecule has 126 valence electrons. The molecule has 2 aliphatic rings. The summed E-state index contributed by atoms with van der Waals surface area (Å²) in [5, 5.41) is 11.1. The van der Waals surface area contributed by atoms with Gasteiger partial charge in [-0.05, 0) is 37.3 Å². The van der Waals surface area contributed by atoms with Crippen LogP contribution in [0.3, 0.4) is 0 Å². The highest BCUT2D eigenvalue weighted by Crippen LogP contribution is 2.19. The van der Waals surface area contributed by atoms with E-state index in [2.05, 4.69) is 22.4 Å². The lowest BCUT2D eigenvalue weighted by Gasteiger charge is -2.29. The number of sulfone groups is 1. The first-order chi connectivity index (χ1) is 10.9. The van der Waals surface area contributed by atoms with Crippen LogP contribution in [-0.4, -0.2) is 60.1 Å². The van der Waals surface area contributed by atoms with E-state index < -0.39 is 9.84 Å². The maximum atomic E-state index is 12.4. The van der Waals surface area contributed by atoms with Gasteiger partial charge < -0.3 is 10.2 Å². The molecule has 0 aromatic carbocycles. The van der Waals surface area contributed by atoms with Crippen molar-refractivity contribution in [3.05, 3.63) is 17.8 Å². The Bertz CT molecular complexity index is 666. The van der Waals surface area contributed by atoms with Gasteiger partial charge >= 0.3 is 0 Å². The summed E-state index contributed by atoms with van der Waals surface area (Å²) >= 11 is 0. The second-order valence-electron chi connectivity index (χ2n) is 6.52. The highest BCUT2D eigenvalue weighted by Gasteiger charge is 2.28. The van der Waals surface area contributed by atoms with Crippen LogP contribution in [0.15, 0.2) is 12.1 Å². The zero-order chi connectivity index (χ0) is 16.4. The first-order valence-corrected chi connectivity index (χ1v) is 9.85. The first kappa shape index (κ1) is 16.2. The number of anilines is 1. The Morgan fingerprint density at radius 1 is 1.22 bits per heavy atom. The smallest absolute Gasteiger partial charge is 0.274 e. The minimum absolute atomic E-state index is 0.0839. The van der Waals surface area contributed by atoms with E-state index in [1.165, 1.54) is 0 Å². The lowest BCUT2D eigenvalue weighted by Crippen LogP contribution is -2.38. The molecule has 0 aliphatic carbocycles. The fourth-order valence-electron chi connectivity index (χ4n) is 3.01. The highest BCUT2D eigenvalue weighted by molar-refractivity contribution is 7.91. The fraction of sp³-hybridized carbons (Fsp3) is 0.667. The molecule has 0 spiro atoms. The van der Waals surface area contributed by atoms with Crippen LogP contribution < -0.4 is 5.32 Å².